The first-order valence-corrected chi connectivity index (χ1v) is 2.35. The molecule has 2 heteroatoms. The minimum atomic E-state index is 0.733. The molecule has 0 aromatic carbocycles. The maximum Gasteiger partial charge on any atom is 0.119 e. The fourth-order valence-corrected chi connectivity index (χ4v) is 0.287. The first kappa shape index (κ1) is 5.73. The molecule has 0 bridgehead atoms. The molecule has 0 unspecified atom stereocenters. The molecular weight excluding hydrogens is 74.9 g/mol. The van der Waals surface area contributed by atoms with E-state index in [0.29, 0.717) is 0 Å². The molecule has 0 aromatic heterocycles. The second-order valence-corrected chi connectivity index (χ2v) is 1.31. The molecule has 0 heterocycles. The molecule has 1 nitrogen and oxygen atoms in total. The van der Waals surface area contributed by atoms with Crippen LogP contribution in [0.2, 0.25) is 6.32 Å². The molecule has 0 N–H and O–H groups in total. The van der Waals surface area contributed by atoms with Crippen LogP contribution in [0.5, 0.6) is 0 Å². The number of carbonyl (C=O) groups is 1. The van der Waals surface area contributed by atoms with E-state index < -0.39 is 0 Å². The molecule has 0 aliphatic heterocycles. The number of aldehydes is 1. The van der Waals surface area contributed by atoms with Crippen LogP contribution in [-0.4, -0.2) is 14.1 Å². The number of unbranched alkanes of at least 4 members (excludes halogenated alkanes) is 1. The zero-order valence-electron chi connectivity index (χ0n) is 4.11. The van der Waals surface area contributed by atoms with E-state index in [4.69, 9.17) is 0 Å². The molecule has 6 heavy (non-hydrogen) atoms. The lowest BCUT2D eigenvalue weighted by Gasteiger charge is -1.78. The van der Waals surface area contributed by atoms with Crippen LogP contribution in [0.4, 0.5) is 0 Å². The van der Waals surface area contributed by atoms with Gasteiger partial charge in [0.15, 0.2) is 0 Å². The number of hydrogen-bond donors (Lipinski definition) is 0. The Balaban J connectivity index is 2.49. The zero-order chi connectivity index (χ0) is 4.83. The summed E-state index contributed by atoms with van der Waals surface area (Å²) in [6.07, 6.45) is 3.86. The summed E-state index contributed by atoms with van der Waals surface area (Å²) in [6.45, 7) is 0. The Morgan fingerprint density at radius 2 is 2.33 bits per heavy atom. The van der Waals surface area contributed by atoms with Gasteiger partial charge in [-0.3, -0.25) is 0 Å². The number of rotatable bonds is 3. The van der Waals surface area contributed by atoms with E-state index in [1.165, 1.54) is 0 Å². The van der Waals surface area contributed by atoms with Crippen LogP contribution >= 0.6 is 0 Å². The lowest BCUT2D eigenvalue weighted by atomic mass is 10.0. The summed E-state index contributed by atoms with van der Waals surface area (Å²) in [6, 6.07) is 0. The van der Waals surface area contributed by atoms with Gasteiger partial charge in [-0.2, -0.15) is 0 Å². The van der Waals surface area contributed by atoms with Crippen LogP contribution in [-0.2, 0) is 4.79 Å². The minimum absolute atomic E-state index is 0.733. The second-order valence-electron chi connectivity index (χ2n) is 1.31. The van der Waals surface area contributed by atoms with E-state index in [1.807, 2.05) is 0 Å². The molecule has 0 fully saturated rings. The van der Waals surface area contributed by atoms with Gasteiger partial charge >= 0.3 is 0 Å². The molecule has 34 valence electrons. The third kappa shape index (κ3) is 3.73. The van der Waals surface area contributed by atoms with E-state index in [9.17, 15) is 4.79 Å². The largest absolute Gasteiger partial charge is 0.303 e. The number of carbonyl (C=O) groups excluding carboxylic acids is 1. The van der Waals surface area contributed by atoms with Gasteiger partial charge in [-0.1, -0.05) is 12.7 Å². The molecule has 0 spiro atoms. The maximum absolute atomic E-state index is 9.56. The quantitative estimate of drug-likeness (QED) is 0.267. The molecule has 0 aliphatic carbocycles. The Bertz CT molecular complexity index is 36.5. The van der Waals surface area contributed by atoms with Gasteiger partial charge in [-0.25, -0.2) is 0 Å². The zero-order valence-corrected chi connectivity index (χ0v) is 4.11. The normalized spacial score (nSPS) is 8.00. The standard InChI is InChI=1S/C4H9BO/c5-3-1-2-4-6/h4H,1-3,5H2. The van der Waals surface area contributed by atoms with Gasteiger partial charge in [0.25, 0.3) is 0 Å². The number of hydrogen-bond acceptors (Lipinski definition) is 1. The summed E-state index contributed by atoms with van der Waals surface area (Å²) in [5.41, 5.74) is 0. The Morgan fingerprint density at radius 1 is 1.67 bits per heavy atom. The molecule has 0 saturated heterocycles. The Labute approximate surface area is 39.1 Å². The molecule has 0 radical (unpaired) electrons. The van der Waals surface area contributed by atoms with Gasteiger partial charge in [0.1, 0.15) is 14.1 Å². The summed E-state index contributed by atoms with van der Waals surface area (Å²) in [5, 5.41) is 0. The SMILES string of the molecule is BCCCC=O. The average molecular weight is 83.9 g/mol. The molecule has 0 saturated carbocycles. The molecule has 0 atom stereocenters. The summed E-state index contributed by atoms with van der Waals surface area (Å²) >= 11 is 0. The van der Waals surface area contributed by atoms with Crippen molar-refractivity contribution in [2.75, 3.05) is 0 Å². The van der Waals surface area contributed by atoms with Crippen molar-refractivity contribution in [1.29, 1.82) is 0 Å². The van der Waals surface area contributed by atoms with Crippen molar-refractivity contribution < 1.29 is 4.79 Å². The maximum atomic E-state index is 9.56. The van der Waals surface area contributed by atoms with Crippen LogP contribution in [0.1, 0.15) is 12.8 Å². The highest BCUT2D eigenvalue weighted by molar-refractivity contribution is 6.08. The Hall–Kier alpha value is -0.265. The van der Waals surface area contributed by atoms with Crippen molar-refractivity contribution in [3.63, 3.8) is 0 Å². The lowest BCUT2D eigenvalue weighted by molar-refractivity contribution is -0.107. The molecule has 0 aromatic rings. The fraction of sp³-hybridized carbons (Fsp3) is 0.750. The van der Waals surface area contributed by atoms with E-state index >= 15 is 0 Å². The third-order valence-corrected chi connectivity index (χ3v) is 0.676. The van der Waals surface area contributed by atoms with Crippen molar-refractivity contribution in [2.24, 2.45) is 0 Å². The highest BCUT2D eigenvalue weighted by Gasteiger charge is 1.75. The predicted molar refractivity (Wildman–Crippen MR) is 28.6 cm³/mol. The molecular formula is C4H9BO. The smallest absolute Gasteiger partial charge is 0.119 e. The van der Waals surface area contributed by atoms with E-state index in [1.54, 1.807) is 0 Å². The third-order valence-electron chi connectivity index (χ3n) is 0.676. The van der Waals surface area contributed by atoms with Crippen molar-refractivity contribution >= 4 is 14.1 Å². The van der Waals surface area contributed by atoms with Gasteiger partial charge in [-0.05, 0) is 0 Å². The van der Waals surface area contributed by atoms with Crippen LogP contribution in [0, 0.1) is 0 Å². The topological polar surface area (TPSA) is 17.1 Å². The van der Waals surface area contributed by atoms with Gasteiger partial charge in [0.2, 0.25) is 0 Å². The highest BCUT2D eigenvalue weighted by Crippen LogP contribution is 1.85. The fourth-order valence-electron chi connectivity index (χ4n) is 0.287. The molecule has 0 amide bonds. The van der Waals surface area contributed by atoms with Crippen LogP contribution in [0.15, 0.2) is 0 Å². The van der Waals surface area contributed by atoms with Gasteiger partial charge in [0.05, 0.1) is 0 Å². The summed E-state index contributed by atoms with van der Waals surface area (Å²) in [5.74, 6) is 0. The van der Waals surface area contributed by atoms with Crippen LogP contribution in [0.3, 0.4) is 0 Å². The van der Waals surface area contributed by atoms with Crippen LogP contribution in [0.25, 0.3) is 0 Å². The molecule has 0 rings (SSSR count). The first-order chi connectivity index (χ1) is 2.91. The second kappa shape index (κ2) is 4.73. The Morgan fingerprint density at radius 3 is 2.50 bits per heavy atom. The van der Waals surface area contributed by atoms with Crippen LogP contribution < -0.4 is 0 Å². The van der Waals surface area contributed by atoms with Crippen molar-refractivity contribution in [1.82, 2.24) is 0 Å². The van der Waals surface area contributed by atoms with E-state index in [2.05, 4.69) is 7.85 Å². The summed E-state index contributed by atoms with van der Waals surface area (Å²) < 4.78 is 0. The predicted octanol–water partition coefficient (Wildman–Crippen LogP) is 0.0169. The van der Waals surface area contributed by atoms with Crippen molar-refractivity contribution in [2.45, 2.75) is 19.2 Å². The van der Waals surface area contributed by atoms with E-state index in [-0.39, 0.29) is 0 Å². The van der Waals surface area contributed by atoms with Gasteiger partial charge in [0, 0.05) is 6.42 Å². The van der Waals surface area contributed by atoms with Crippen molar-refractivity contribution in [3.8, 4) is 0 Å². The van der Waals surface area contributed by atoms with Crippen molar-refractivity contribution in [3.05, 3.63) is 0 Å². The summed E-state index contributed by atoms with van der Waals surface area (Å²) in [7, 11) is 2.07. The highest BCUT2D eigenvalue weighted by atomic mass is 16.1. The first-order valence-electron chi connectivity index (χ1n) is 2.35. The van der Waals surface area contributed by atoms with Gasteiger partial charge < -0.3 is 4.79 Å². The average Bonchev–Trinajstić information content (AvgIpc) is 1.61. The lowest BCUT2D eigenvalue weighted by Crippen LogP contribution is -1.72. The van der Waals surface area contributed by atoms with Gasteiger partial charge in [-0.15, -0.1) is 0 Å². The minimum Gasteiger partial charge on any atom is -0.303 e. The van der Waals surface area contributed by atoms with E-state index in [0.717, 1.165) is 25.4 Å². The summed E-state index contributed by atoms with van der Waals surface area (Å²) in [4.78, 5) is 9.56. The Kier molecular flexibility index (Phi) is 4.53. The molecule has 0 aliphatic rings. The monoisotopic (exact) mass is 84.1 g/mol.